The Kier molecular flexibility index (Phi) is 8.09. The lowest BCUT2D eigenvalue weighted by atomic mass is 9.86. The van der Waals surface area contributed by atoms with E-state index >= 15 is 0 Å². The summed E-state index contributed by atoms with van der Waals surface area (Å²) in [7, 11) is 0. The molecule has 2 aromatic carbocycles. The fourth-order valence-electron chi connectivity index (χ4n) is 4.50. The zero-order valence-corrected chi connectivity index (χ0v) is 18.3. The molecule has 28 heavy (non-hydrogen) atoms. The maximum Gasteiger partial charge on any atom is 0.119 e. The first-order valence-electron chi connectivity index (χ1n) is 10.6. The summed E-state index contributed by atoms with van der Waals surface area (Å²) in [4.78, 5) is 2.53. The highest BCUT2D eigenvalue weighted by Gasteiger charge is 2.23. The number of phenolic OH excluding ortho intramolecular Hbond substituents is 1. The van der Waals surface area contributed by atoms with Gasteiger partial charge in [0.1, 0.15) is 5.75 Å². The lowest BCUT2D eigenvalue weighted by Crippen LogP contribution is -2.39. The third-order valence-corrected chi connectivity index (χ3v) is 5.71. The van der Waals surface area contributed by atoms with E-state index in [0.717, 1.165) is 17.5 Å². The summed E-state index contributed by atoms with van der Waals surface area (Å²) >= 11 is 0. The summed E-state index contributed by atoms with van der Waals surface area (Å²) in [5.41, 5.74) is 4.55. The summed E-state index contributed by atoms with van der Waals surface area (Å²) in [6, 6.07) is 15.8. The predicted molar refractivity (Wildman–Crippen MR) is 118 cm³/mol. The maximum atomic E-state index is 10.5. The van der Waals surface area contributed by atoms with Crippen molar-refractivity contribution in [2.24, 2.45) is 0 Å². The third-order valence-electron chi connectivity index (χ3n) is 5.71. The SMILES string of the molecule is CCC(c1cccc(C(C)N(C(C)C)C(C)C)c1)c1cc(CCO)ccc1O. The molecule has 2 atom stereocenters. The average Bonchev–Trinajstić information content (AvgIpc) is 2.64. The number of phenols is 1. The van der Waals surface area contributed by atoms with Crippen LogP contribution in [0.5, 0.6) is 5.75 Å². The summed E-state index contributed by atoms with van der Waals surface area (Å²) in [5, 5.41) is 19.8. The zero-order chi connectivity index (χ0) is 20.8. The van der Waals surface area contributed by atoms with E-state index in [2.05, 4.69) is 70.7 Å². The average molecular weight is 384 g/mol. The van der Waals surface area contributed by atoms with Gasteiger partial charge in [-0.15, -0.1) is 0 Å². The number of aliphatic hydroxyl groups excluding tert-OH is 1. The summed E-state index contributed by atoms with van der Waals surface area (Å²) in [6.07, 6.45) is 1.52. The van der Waals surface area contributed by atoms with E-state index in [0.29, 0.717) is 30.3 Å². The molecule has 0 fully saturated rings. The van der Waals surface area contributed by atoms with Crippen LogP contribution in [0.3, 0.4) is 0 Å². The number of hydrogen-bond acceptors (Lipinski definition) is 3. The Labute approximate surface area is 171 Å². The molecule has 0 aromatic heterocycles. The summed E-state index contributed by atoms with van der Waals surface area (Å²) in [6.45, 7) is 13.6. The van der Waals surface area contributed by atoms with Crippen LogP contribution >= 0.6 is 0 Å². The van der Waals surface area contributed by atoms with Crippen LogP contribution in [0, 0.1) is 0 Å². The molecule has 0 aliphatic rings. The molecule has 154 valence electrons. The van der Waals surface area contributed by atoms with Gasteiger partial charge in [-0.25, -0.2) is 0 Å². The van der Waals surface area contributed by atoms with Crippen LogP contribution in [0.25, 0.3) is 0 Å². The third kappa shape index (κ3) is 5.15. The van der Waals surface area contributed by atoms with Crippen LogP contribution in [0.4, 0.5) is 0 Å². The number of benzene rings is 2. The number of rotatable bonds is 9. The van der Waals surface area contributed by atoms with Crippen molar-refractivity contribution >= 4 is 0 Å². The van der Waals surface area contributed by atoms with Crippen LogP contribution < -0.4 is 0 Å². The molecule has 0 radical (unpaired) electrons. The van der Waals surface area contributed by atoms with Gasteiger partial charge < -0.3 is 10.2 Å². The smallest absolute Gasteiger partial charge is 0.119 e. The van der Waals surface area contributed by atoms with Gasteiger partial charge >= 0.3 is 0 Å². The van der Waals surface area contributed by atoms with Gasteiger partial charge in [0.05, 0.1) is 0 Å². The molecule has 0 aliphatic carbocycles. The minimum absolute atomic E-state index is 0.119. The molecule has 0 saturated heterocycles. The Morgan fingerprint density at radius 2 is 1.54 bits per heavy atom. The molecular formula is C25H37NO2. The quantitative estimate of drug-likeness (QED) is 0.588. The Morgan fingerprint density at radius 1 is 0.893 bits per heavy atom. The largest absolute Gasteiger partial charge is 0.508 e. The van der Waals surface area contributed by atoms with Crippen LogP contribution in [-0.2, 0) is 6.42 Å². The standard InChI is InChI=1S/C25H37NO2/c1-7-23(24-15-20(13-14-27)11-12-25(24)28)22-10-8-9-21(16-22)19(6)26(17(2)3)18(4)5/h8-12,15-19,23,27-28H,7,13-14H2,1-6H3. The Bertz CT molecular complexity index is 746. The molecule has 2 rings (SSSR count). The highest BCUT2D eigenvalue weighted by Crippen LogP contribution is 2.36. The highest BCUT2D eigenvalue weighted by atomic mass is 16.3. The van der Waals surface area contributed by atoms with E-state index in [4.69, 9.17) is 0 Å². The second kappa shape index (κ2) is 10.1. The second-order valence-electron chi connectivity index (χ2n) is 8.31. The number of aliphatic hydroxyl groups is 1. The van der Waals surface area contributed by atoms with Crippen LogP contribution in [0.2, 0.25) is 0 Å². The molecular weight excluding hydrogens is 346 g/mol. The van der Waals surface area contributed by atoms with Gasteiger partial charge in [0.2, 0.25) is 0 Å². The van der Waals surface area contributed by atoms with E-state index in [-0.39, 0.29) is 12.5 Å². The normalized spacial score (nSPS) is 14.1. The second-order valence-corrected chi connectivity index (χ2v) is 8.31. The number of hydrogen-bond donors (Lipinski definition) is 2. The summed E-state index contributed by atoms with van der Waals surface area (Å²) in [5.74, 6) is 0.468. The molecule has 2 unspecified atom stereocenters. The lowest BCUT2D eigenvalue weighted by Gasteiger charge is -2.37. The number of nitrogens with zero attached hydrogens (tertiary/aromatic N) is 1. The van der Waals surface area contributed by atoms with Crippen molar-refractivity contribution in [2.75, 3.05) is 6.61 Å². The molecule has 3 nitrogen and oxygen atoms in total. The molecule has 2 aromatic rings. The first-order chi connectivity index (χ1) is 13.3. The van der Waals surface area contributed by atoms with E-state index in [9.17, 15) is 10.2 Å². The van der Waals surface area contributed by atoms with Gasteiger partial charge in [-0.05, 0) is 70.2 Å². The van der Waals surface area contributed by atoms with Crippen molar-refractivity contribution in [1.29, 1.82) is 0 Å². The topological polar surface area (TPSA) is 43.7 Å². The van der Waals surface area contributed by atoms with E-state index in [1.807, 2.05) is 12.1 Å². The van der Waals surface area contributed by atoms with E-state index in [1.165, 1.54) is 11.1 Å². The molecule has 0 spiro atoms. The van der Waals surface area contributed by atoms with E-state index in [1.54, 1.807) is 6.07 Å². The van der Waals surface area contributed by atoms with Gasteiger partial charge in [0.25, 0.3) is 0 Å². The minimum Gasteiger partial charge on any atom is -0.508 e. The molecule has 2 N–H and O–H groups in total. The molecule has 0 saturated carbocycles. The van der Waals surface area contributed by atoms with Gasteiger partial charge in [-0.2, -0.15) is 0 Å². The van der Waals surface area contributed by atoms with Gasteiger partial charge in [-0.1, -0.05) is 43.3 Å². The van der Waals surface area contributed by atoms with Crippen molar-refractivity contribution in [3.63, 3.8) is 0 Å². The van der Waals surface area contributed by atoms with Gasteiger partial charge in [0, 0.05) is 36.2 Å². The van der Waals surface area contributed by atoms with Crippen molar-refractivity contribution in [1.82, 2.24) is 4.90 Å². The van der Waals surface area contributed by atoms with Crippen LogP contribution in [-0.4, -0.2) is 33.8 Å². The Balaban J connectivity index is 2.42. The van der Waals surface area contributed by atoms with Crippen LogP contribution in [0.15, 0.2) is 42.5 Å². The van der Waals surface area contributed by atoms with Gasteiger partial charge in [0.15, 0.2) is 0 Å². The predicted octanol–water partition coefficient (Wildman–Crippen LogP) is 5.65. The zero-order valence-electron chi connectivity index (χ0n) is 18.3. The van der Waals surface area contributed by atoms with Crippen molar-refractivity contribution < 1.29 is 10.2 Å². The highest BCUT2D eigenvalue weighted by molar-refractivity contribution is 5.44. The fourth-order valence-corrected chi connectivity index (χ4v) is 4.50. The van der Waals surface area contributed by atoms with E-state index < -0.39 is 0 Å². The minimum atomic E-state index is 0.119. The van der Waals surface area contributed by atoms with Crippen molar-refractivity contribution in [3.05, 3.63) is 64.7 Å². The molecule has 3 heteroatoms. The molecule has 0 amide bonds. The fraction of sp³-hybridized carbons (Fsp3) is 0.520. The van der Waals surface area contributed by atoms with Crippen molar-refractivity contribution in [3.8, 4) is 5.75 Å². The lowest BCUT2D eigenvalue weighted by molar-refractivity contribution is 0.123. The Morgan fingerprint density at radius 3 is 2.11 bits per heavy atom. The molecule has 0 heterocycles. The first kappa shape index (κ1) is 22.4. The summed E-state index contributed by atoms with van der Waals surface area (Å²) < 4.78 is 0. The number of aromatic hydroxyl groups is 1. The van der Waals surface area contributed by atoms with Crippen LogP contribution in [0.1, 0.15) is 82.2 Å². The monoisotopic (exact) mass is 383 g/mol. The molecule has 0 aliphatic heterocycles. The molecule has 0 bridgehead atoms. The van der Waals surface area contributed by atoms with Crippen molar-refractivity contribution in [2.45, 2.75) is 78.4 Å². The Hall–Kier alpha value is -1.84. The first-order valence-corrected chi connectivity index (χ1v) is 10.6. The maximum absolute atomic E-state index is 10.5. The van der Waals surface area contributed by atoms with Gasteiger partial charge in [-0.3, -0.25) is 4.90 Å².